The van der Waals surface area contributed by atoms with Crippen LogP contribution in [0, 0.1) is 5.92 Å². The van der Waals surface area contributed by atoms with Gasteiger partial charge in [0, 0.05) is 50.4 Å². The summed E-state index contributed by atoms with van der Waals surface area (Å²) in [6.45, 7) is 2.79. The summed E-state index contributed by atoms with van der Waals surface area (Å²) in [6.07, 6.45) is 9.40. The van der Waals surface area contributed by atoms with Gasteiger partial charge in [-0.25, -0.2) is 0 Å². The summed E-state index contributed by atoms with van der Waals surface area (Å²) < 4.78 is 0. The molecule has 2 fully saturated rings. The maximum Gasteiger partial charge on any atom is 0.220 e. The molecule has 142 valence electrons. The van der Waals surface area contributed by atoms with Crippen LogP contribution in [0.3, 0.4) is 0 Å². The number of hydrogen-bond donors (Lipinski definition) is 1. The van der Waals surface area contributed by atoms with Gasteiger partial charge in [0.05, 0.1) is 0 Å². The Hall–Kier alpha value is -2.20. The third kappa shape index (κ3) is 4.75. The minimum Gasteiger partial charge on any atom is -0.351 e. The first-order valence-electron chi connectivity index (χ1n) is 10.2. The summed E-state index contributed by atoms with van der Waals surface area (Å²) in [5.41, 5.74) is 2.59. The standard InChI is InChI=1S/C23H29N3O/c27-23(14-18-6-4-5-7-18)25-22-17-26(15-19-8-2-1-3-9-19)16-21(22)20-10-12-24-13-11-20/h1-3,8-13,18,21-22H,4-7,14-17H2,(H,25,27). The lowest BCUT2D eigenvalue weighted by molar-refractivity contribution is -0.122. The largest absolute Gasteiger partial charge is 0.351 e. The van der Waals surface area contributed by atoms with Crippen LogP contribution in [-0.2, 0) is 11.3 Å². The first-order chi connectivity index (χ1) is 13.3. The molecular weight excluding hydrogens is 334 g/mol. The van der Waals surface area contributed by atoms with Crippen LogP contribution in [0.5, 0.6) is 0 Å². The van der Waals surface area contributed by atoms with Crippen molar-refractivity contribution in [1.29, 1.82) is 0 Å². The summed E-state index contributed by atoms with van der Waals surface area (Å²) in [7, 11) is 0. The lowest BCUT2D eigenvalue weighted by Gasteiger charge is -2.21. The number of likely N-dealkylation sites (tertiary alicyclic amines) is 1. The SMILES string of the molecule is O=C(CC1CCCC1)NC1CN(Cc2ccccc2)CC1c1ccncc1. The lowest BCUT2D eigenvalue weighted by Crippen LogP contribution is -2.40. The molecule has 2 atom stereocenters. The van der Waals surface area contributed by atoms with E-state index < -0.39 is 0 Å². The summed E-state index contributed by atoms with van der Waals surface area (Å²) in [6, 6.07) is 14.9. The lowest BCUT2D eigenvalue weighted by atomic mass is 9.94. The fourth-order valence-corrected chi connectivity index (χ4v) is 4.69. The predicted molar refractivity (Wildman–Crippen MR) is 107 cm³/mol. The highest BCUT2D eigenvalue weighted by Gasteiger charge is 2.35. The van der Waals surface area contributed by atoms with E-state index in [2.05, 4.69) is 57.7 Å². The van der Waals surface area contributed by atoms with E-state index >= 15 is 0 Å². The van der Waals surface area contributed by atoms with E-state index in [1.54, 1.807) is 0 Å². The molecule has 2 aliphatic rings. The van der Waals surface area contributed by atoms with Crippen molar-refractivity contribution in [3.05, 3.63) is 66.0 Å². The number of benzene rings is 1. The van der Waals surface area contributed by atoms with Gasteiger partial charge in [-0.3, -0.25) is 14.7 Å². The van der Waals surface area contributed by atoms with Crippen LogP contribution in [-0.4, -0.2) is 34.9 Å². The van der Waals surface area contributed by atoms with Crippen LogP contribution in [0.4, 0.5) is 0 Å². The van der Waals surface area contributed by atoms with E-state index in [4.69, 9.17) is 0 Å². The molecule has 1 aliphatic carbocycles. The first-order valence-corrected chi connectivity index (χ1v) is 10.2. The van der Waals surface area contributed by atoms with Crippen molar-refractivity contribution >= 4 is 5.91 Å². The Bertz CT molecular complexity index is 728. The van der Waals surface area contributed by atoms with Crippen molar-refractivity contribution in [2.75, 3.05) is 13.1 Å². The molecule has 0 spiro atoms. The van der Waals surface area contributed by atoms with E-state index in [0.717, 1.165) is 19.6 Å². The molecule has 1 aromatic carbocycles. The van der Waals surface area contributed by atoms with E-state index in [9.17, 15) is 4.79 Å². The second kappa shape index (κ2) is 8.66. The Morgan fingerprint density at radius 1 is 1.04 bits per heavy atom. The molecule has 1 saturated heterocycles. The number of pyridine rings is 1. The van der Waals surface area contributed by atoms with Crippen molar-refractivity contribution in [2.45, 2.75) is 50.6 Å². The molecule has 1 aromatic heterocycles. The summed E-state index contributed by atoms with van der Waals surface area (Å²) in [5.74, 6) is 1.14. The summed E-state index contributed by atoms with van der Waals surface area (Å²) in [5, 5.41) is 3.37. The zero-order valence-corrected chi connectivity index (χ0v) is 15.9. The van der Waals surface area contributed by atoms with Gasteiger partial charge in [-0.05, 0) is 42.0 Å². The smallest absolute Gasteiger partial charge is 0.220 e. The Labute approximate surface area is 162 Å². The van der Waals surface area contributed by atoms with Crippen LogP contribution in [0.2, 0.25) is 0 Å². The van der Waals surface area contributed by atoms with Crippen LogP contribution in [0.1, 0.15) is 49.1 Å². The molecule has 2 unspecified atom stereocenters. The number of carbonyl (C=O) groups excluding carboxylic acids is 1. The minimum absolute atomic E-state index is 0.171. The van der Waals surface area contributed by atoms with Crippen LogP contribution >= 0.6 is 0 Å². The fourth-order valence-electron chi connectivity index (χ4n) is 4.69. The van der Waals surface area contributed by atoms with Gasteiger partial charge in [0.2, 0.25) is 5.91 Å². The molecule has 1 saturated carbocycles. The summed E-state index contributed by atoms with van der Waals surface area (Å²) >= 11 is 0. The van der Waals surface area contributed by atoms with Crippen molar-refractivity contribution in [3.8, 4) is 0 Å². The number of hydrogen-bond acceptors (Lipinski definition) is 3. The van der Waals surface area contributed by atoms with Gasteiger partial charge in [0.15, 0.2) is 0 Å². The highest BCUT2D eigenvalue weighted by Crippen LogP contribution is 2.30. The van der Waals surface area contributed by atoms with E-state index in [1.807, 2.05) is 12.4 Å². The molecule has 0 bridgehead atoms. The van der Waals surface area contributed by atoms with E-state index in [0.29, 0.717) is 18.3 Å². The number of nitrogens with zero attached hydrogens (tertiary/aromatic N) is 2. The molecule has 0 radical (unpaired) electrons. The topological polar surface area (TPSA) is 45.2 Å². The van der Waals surface area contributed by atoms with Gasteiger partial charge >= 0.3 is 0 Å². The number of nitrogens with one attached hydrogen (secondary N) is 1. The Kier molecular flexibility index (Phi) is 5.83. The number of rotatable bonds is 6. The number of aromatic nitrogens is 1. The zero-order valence-electron chi connectivity index (χ0n) is 15.9. The van der Waals surface area contributed by atoms with Crippen molar-refractivity contribution in [1.82, 2.24) is 15.2 Å². The molecule has 4 nitrogen and oxygen atoms in total. The Balaban J connectivity index is 1.43. The monoisotopic (exact) mass is 363 g/mol. The Morgan fingerprint density at radius 3 is 2.52 bits per heavy atom. The molecular formula is C23H29N3O. The quantitative estimate of drug-likeness (QED) is 0.850. The molecule has 1 N–H and O–H groups in total. The molecule has 2 heterocycles. The predicted octanol–water partition coefficient (Wildman–Crippen LogP) is 3.75. The maximum absolute atomic E-state index is 12.7. The zero-order chi connectivity index (χ0) is 18.5. The second-order valence-electron chi connectivity index (χ2n) is 8.10. The van der Waals surface area contributed by atoms with Gasteiger partial charge in [0.1, 0.15) is 0 Å². The van der Waals surface area contributed by atoms with E-state index in [1.165, 1.54) is 36.8 Å². The molecule has 1 aliphatic heterocycles. The van der Waals surface area contributed by atoms with Gasteiger partial charge in [-0.1, -0.05) is 43.2 Å². The number of amides is 1. The Morgan fingerprint density at radius 2 is 1.78 bits per heavy atom. The van der Waals surface area contributed by atoms with E-state index in [-0.39, 0.29) is 11.9 Å². The van der Waals surface area contributed by atoms with Gasteiger partial charge in [0.25, 0.3) is 0 Å². The van der Waals surface area contributed by atoms with Crippen LogP contribution < -0.4 is 5.32 Å². The van der Waals surface area contributed by atoms with Crippen LogP contribution in [0.15, 0.2) is 54.9 Å². The second-order valence-corrected chi connectivity index (χ2v) is 8.10. The molecule has 2 aromatic rings. The van der Waals surface area contributed by atoms with Gasteiger partial charge < -0.3 is 5.32 Å². The van der Waals surface area contributed by atoms with Crippen molar-refractivity contribution < 1.29 is 4.79 Å². The maximum atomic E-state index is 12.7. The highest BCUT2D eigenvalue weighted by atomic mass is 16.1. The fraction of sp³-hybridized carbons (Fsp3) is 0.478. The normalized spacial score (nSPS) is 23.6. The molecule has 4 rings (SSSR count). The van der Waals surface area contributed by atoms with Gasteiger partial charge in [-0.2, -0.15) is 0 Å². The third-order valence-corrected chi connectivity index (χ3v) is 6.07. The first kappa shape index (κ1) is 18.2. The summed E-state index contributed by atoms with van der Waals surface area (Å²) in [4.78, 5) is 19.3. The van der Waals surface area contributed by atoms with Crippen molar-refractivity contribution in [3.63, 3.8) is 0 Å². The average molecular weight is 364 g/mol. The molecule has 1 amide bonds. The van der Waals surface area contributed by atoms with Gasteiger partial charge in [-0.15, -0.1) is 0 Å². The highest BCUT2D eigenvalue weighted by molar-refractivity contribution is 5.76. The average Bonchev–Trinajstić information content (AvgIpc) is 3.33. The number of carbonyl (C=O) groups is 1. The molecule has 27 heavy (non-hydrogen) atoms. The molecule has 4 heteroatoms. The van der Waals surface area contributed by atoms with Crippen LogP contribution in [0.25, 0.3) is 0 Å². The third-order valence-electron chi connectivity index (χ3n) is 6.07. The van der Waals surface area contributed by atoms with Crippen molar-refractivity contribution in [2.24, 2.45) is 5.92 Å². The minimum atomic E-state index is 0.171.